The number of carbonyl (C=O) groups excluding carboxylic acids is 2. The quantitative estimate of drug-likeness (QED) is 0.628. The van der Waals surface area contributed by atoms with Crippen LogP contribution in [0.25, 0.3) is 11.0 Å². The van der Waals surface area contributed by atoms with Gasteiger partial charge in [-0.2, -0.15) is 0 Å². The van der Waals surface area contributed by atoms with Crippen molar-refractivity contribution in [2.24, 2.45) is 5.41 Å². The van der Waals surface area contributed by atoms with Gasteiger partial charge in [-0.05, 0) is 30.9 Å². The number of benzene rings is 1. The number of allylic oxidation sites excluding steroid dienone is 2. The molecule has 2 aromatic rings. The smallest absolute Gasteiger partial charge is 0.216 e. The van der Waals surface area contributed by atoms with E-state index in [9.17, 15) is 9.59 Å². The summed E-state index contributed by atoms with van der Waals surface area (Å²) in [6.07, 6.45) is 2.60. The Morgan fingerprint density at radius 1 is 1.14 bits per heavy atom. The zero-order valence-electron chi connectivity index (χ0n) is 13.0. The van der Waals surface area contributed by atoms with Crippen molar-refractivity contribution in [3.8, 4) is 0 Å². The summed E-state index contributed by atoms with van der Waals surface area (Å²) in [4.78, 5) is 33.7. The van der Waals surface area contributed by atoms with Crippen LogP contribution in [0.4, 0.5) is 0 Å². The zero-order chi connectivity index (χ0) is 15.9. The van der Waals surface area contributed by atoms with Gasteiger partial charge in [-0.25, -0.2) is 4.98 Å². The molecule has 4 nitrogen and oxygen atoms in total. The van der Waals surface area contributed by atoms with Gasteiger partial charge in [0.2, 0.25) is 5.78 Å². The highest BCUT2D eigenvalue weighted by Gasteiger charge is 2.34. The Morgan fingerprint density at radius 3 is 2.50 bits per heavy atom. The van der Waals surface area contributed by atoms with Crippen LogP contribution in [-0.2, 0) is 4.79 Å². The molecule has 4 heteroatoms. The van der Waals surface area contributed by atoms with Crippen molar-refractivity contribution in [1.29, 1.82) is 0 Å². The maximum atomic E-state index is 12.7. The lowest BCUT2D eigenvalue weighted by molar-refractivity contribution is -0.117. The Morgan fingerprint density at radius 2 is 1.82 bits per heavy atom. The number of hydrogen-bond acceptors (Lipinski definition) is 4. The van der Waals surface area contributed by atoms with Crippen LogP contribution >= 0.6 is 0 Å². The molecule has 0 bridgehead atoms. The van der Waals surface area contributed by atoms with Crippen LogP contribution in [0.5, 0.6) is 0 Å². The normalized spacial score (nSPS) is 17.9. The highest BCUT2D eigenvalue weighted by molar-refractivity contribution is 6.26. The molecule has 0 spiro atoms. The molecule has 3 rings (SSSR count). The van der Waals surface area contributed by atoms with Gasteiger partial charge in [-0.1, -0.05) is 31.6 Å². The fourth-order valence-corrected chi connectivity index (χ4v) is 3.14. The number of rotatable bonds is 2. The number of ketones is 2. The molecule has 1 heterocycles. The molecule has 0 N–H and O–H groups in total. The molecule has 0 atom stereocenters. The Balaban J connectivity index is 2.03. The van der Waals surface area contributed by atoms with Gasteiger partial charge in [0.05, 0.1) is 22.8 Å². The van der Waals surface area contributed by atoms with E-state index in [1.54, 1.807) is 0 Å². The van der Waals surface area contributed by atoms with E-state index in [0.29, 0.717) is 17.5 Å². The first-order valence-electron chi connectivity index (χ1n) is 7.37. The zero-order valence-corrected chi connectivity index (χ0v) is 13.0. The topological polar surface area (TPSA) is 59.9 Å². The molecule has 112 valence electrons. The third-order valence-electron chi connectivity index (χ3n) is 4.00. The molecule has 0 amide bonds. The van der Waals surface area contributed by atoms with Crippen LogP contribution in [0.2, 0.25) is 0 Å². The lowest BCUT2D eigenvalue weighted by Crippen LogP contribution is -2.29. The summed E-state index contributed by atoms with van der Waals surface area (Å²) >= 11 is 0. The lowest BCUT2D eigenvalue weighted by Gasteiger charge is -2.30. The van der Waals surface area contributed by atoms with Crippen molar-refractivity contribution < 1.29 is 9.59 Å². The van der Waals surface area contributed by atoms with Crippen molar-refractivity contribution in [3.05, 3.63) is 47.3 Å². The summed E-state index contributed by atoms with van der Waals surface area (Å²) in [5, 5.41) is 0. The highest BCUT2D eigenvalue weighted by atomic mass is 16.1. The largest absolute Gasteiger partial charge is 0.294 e. The first-order valence-corrected chi connectivity index (χ1v) is 7.37. The van der Waals surface area contributed by atoms with Gasteiger partial charge in [-0.3, -0.25) is 14.6 Å². The van der Waals surface area contributed by atoms with Crippen molar-refractivity contribution >= 4 is 22.6 Å². The third kappa shape index (κ3) is 2.56. The molecular formula is C18H18N2O2. The van der Waals surface area contributed by atoms with Crippen molar-refractivity contribution in [2.75, 3.05) is 0 Å². The van der Waals surface area contributed by atoms with Crippen LogP contribution in [0, 0.1) is 5.41 Å². The standard InChI is InChI=1S/C18H18N2O2/c1-11-8-18(2,3)9-15(21)16(11)17(22)14-10-19-12-6-4-5-7-13(12)20-14/h4-7,10H,8-9H2,1-3H3. The van der Waals surface area contributed by atoms with Gasteiger partial charge in [0.15, 0.2) is 5.78 Å². The van der Waals surface area contributed by atoms with E-state index in [1.807, 2.05) is 45.0 Å². The highest BCUT2D eigenvalue weighted by Crippen LogP contribution is 2.37. The molecule has 0 radical (unpaired) electrons. The van der Waals surface area contributed by atoms with E-state index in [2.05, 4.69) is 9.97 Å². The van der Waals surface area contributed by atoms with Crippen LogP contribution < -0.4 is 0 Å². The van der Waals surface area contributed by atoms with Gasteiger partial charge in [-0.15, -0.1) is 0 Å². The molecule has 1 aromatic carbocycles. The number of fused-ring (bicyclic) bond motifs is 1. The second-order valence-corrected chi connectivity index (χ2v) is 6.67. The minimum atomic E-state index is -0.309. The second-order valence-electron chi connectivity index (χ2n) is 6.67. The van der Waals surface area contributed by atoms with E-state index in [-0.39, 0.29) is 22.7 Å². The monoisotopic (exact) mass is 294 g/mol. The maximum Gasteiger partial charge on any atom is 0.216 e. The predicted molar refractivity (Wildman–Crippen MR) is 84.6 cm³/mol. The van der Waals surface area contributed by atoms with Crippen LogP contribution in [0.15, 0.2) is 41.6 Å². The average molecular weight is 294 g/mol. The first kappa shape index (κ1) is 14.6. The van der Waals surface area contributed by atoms with E-state index in [0.717, 1.165) is 17.5 Å². The Bertz CT molecular complexity index is 819. The van der Waals surface area contributed by atoms with E-state index < -0.39 is 0 Å². The molecule has 1 aromatic heterocycles. The number of hydrogen-bond donors (Lipinski definition) is 0. The van der Waals surface area contributed by atoms with Gasteiger partial charge in [0, 0.05) is 6.42 Å². The second kappa shape index (κ2) is 5.13. The summed E-state index contributed by atoms with van der Waals surface area (Å²) in [5.41, 5.74) is 2.70. The van der Waals surface area contributed by atoms with Crippen LogP contribution in [0.3, 0.4) is 0 Å². The van der Waals surface area contributed by atoms with E-state index in [4.69, 9.17) is 0 Å². The molecule has 0 saturated heterocycles. The van der Waals surface area contributed by atoms with Gasteiger partial charge in [0.25, 0.3) is 0 Å². The molecule has 1 aliphatic rings. The molecule has 1 aliphatic carbocycles. The van der Waals surface area contributed by atoms with Crippen molar-refractivity contribution in [3.63, 3.8) is 0 Å². The molecule has 0 saturated carbocycles. The Kier molecular flexibility index (Phi) is 3.39. The minimum absolute atomic E-state index is 0.0833. The number of nitrogens with zero attached hydrogens (tertiary/aromatic N) is 2. The molecular weight excluding hydrogens is 276 g/mol. The molecule has 0 unspecified atom stereocenters. The minimum Gasteiger partial charge on any atom is -0.294 e. The fourth-order valence-electron chi connectivity index (χ4n) is 3.14. The summed E-state index contributed by atoms with van der Waals surface area (Å²) in [5.74, 6) is -0.398. The molecule has 0 aliphatic heterocycles. The lowest BCUT2D eigenvalue weighted by atomic mass is 9.73. The predicted octanol–water partition coefficient (Wildman–Crippen LogP) is 3.52. The molecule has 0 fully saturated rings. The fraction of sp³-hybridized carbons (Fsp3) is 0.333. The first-order chi connectivity index (χ1) is 10.4. The van der Waals surface area contributed by atoms with Crippen molar-refractivity contribution in [1.82, 2.24) is 9.97 Å². The van der Waals surface area contributed by atoms with Gasteiger partial charge < -0.3 is 0 Å². The third-order valence-corrected chi connectivity index (χ3v) is 4.00. The number of carbonyl (C=O) groups is 2. The van der Waals surface area contributed by atoms with E-state index >= 15 is 0 Å². The number of Topliss-reactive ketones (excluding diaryl/α,β-unsaturated/α-hetero) is 2. The summed E-state index contributed by atoms with van der Waals surface area (Å²) < 4.78 is 0. The van der Waals surface area contributed by atoms with Gasteiger partial charge in [0.1, 0.15) is 5.69 Å². The van der Waals surface area contributed by atoms with Crippen LogP contribution in [-0.4, -0.2) is 21.5 Å². The number of aromatic nitrogens is 2. The maximum absolute atomic E-state index is 12.7. The Hall–Kier alpha value is -2.36. The van der Waals surface area contributed by atoms with Crippen LogP contribution in [0.1, 0.15) is 44.1 Å². The average Bonchev–Trinajstić information content (AvgIpc) is 2.44. The summed E-state index contributed by atoms with van der Waals surface area (Å²) in [6.45, 7) is 5.96. The summed E-state index contributed by atoms with van der Waals surface area (Å²) in [6, 6.07) is 7.38. The number of para-hydroxylation sites is 2. The van der Waals surface area contributed by atoms with Gasteiger partial charge >= 0.3 is 0 Å². The molecule has 22 heavy (non-hydrogen) atoms. The van der Waals surface area contributed by atoms with Crippen molar-refractivity contribution in [2.45, 2.75) is 33.6 Å². The SMILES string of the molecule is CC1=C(C(=O)c2cnc3ccccc3n2)C(=O)CC(C)(C)C1. The Labute approximate surface area is 129 Å². The summed E-state index contributed by atoms with van der Waals surface area (Å²) in [7, 11) is 0. The van der Waals surface area contributed by atoms with E-state index in [1.165, 1.54) is 6.20 Å².